The van der Waals surface area contributed by atoms with E-state index in [1.165, 1.54) is 48.3 Å². The van der Waals surface area contributed by atoms with Crippen LogP contribution in [0, 0.1) is 11.8 Å². The summed E-state index contributed by atoms with van der Waals surface area (Å²) in [6.07, 6.45) is 6.86. The van der Waals surface area contributed by atoms with Gasteiger partial charge in [0.15, 0.2) is 0 Å². The predicted octanol–water partition coefficient (Wildman–Crippen LogP) is 6.61. The Bertz CT molecular complexity index is 672. The lowest BCUT2D eigenvalue weighted by molar-refractivity contribution is -0.0125. The standard InChI is InChI=1S/C20H26BrClN2S/c1-3-10-23(20(14-4-5-14)15-6-7-15)24-12-25-13(2)19(24)17-9-8-16(21)11-18(17)22/h8-9,11,14-15,20H,3-7,10,12H2,1-2H3. The van der Waals surface area contributed by atoms with Crippen LogP contribution in [0.2, 0.25) is 5.02 Å². The summed E-state index contributed by atoms with van der Waals surface area (Å²) in [4.78, 5) is 1.38. The molecule has 2 aliphatic carbocycles. The van der Waals surface area contributed by atoms with Crippen LogP contribution in [0.3, 0.4) is 0 Å². The molecule has 1 aliphatic heterocycles. The first-order valence-corrected chi connectivity index (χ1v) is 11.6. The Morgan fingerprint density at radius 1 is 1.28 bits per heavy atom. The number of rotatable bonds is 7. The SMILES string of the molecule is CCCN(C(C1CC1)C1CC1)N1CSC(C)=C1c1ccc(Br)cc1Cl. The van der Waals surface area contributed by atoms with E-state index < -0.39 is 0 Å². The third kappa shape index (κ3) is 3.78. The molecule has 1 heterocycles. The second-order valence-corrected chi connectivity index (χ2v) is 10.0. The molecule has 0 bridgehead atoms. The van der Waals surface area contributed by atoms with E-state index >= 15 is 0 Å². The van der Waals surface area contributed by atoms with Crippen molar-refractivity contribution in [1.29, 1.82) is 0 Å². The van der Waals surface area contributed by atoms with Crippen molar-refractivity contribution in [1.82, 2.24) is 10.0 Å². The summed E-state index contributed by atoms with van der Waals surface area (Å²) in [5.74, 6) is 2.84. The molecule has 0 atom stereocenters. The number of hydrazine groups is 1. The quantitative estimate of drug-likeness (QED) is 0.470. The van der Waals surface area contributed by atoms with E-state index in [0.717, 1.165) is 39.8 Å². The van der Waals surface area contributed by atoms with Gasteiger partial charge in [-0.1, -0.05) is 40.5 Å². The number of benzene rings is 1. The van der Waals surface area contributed by atoms with E-state index in [-0.39, 0.29) is 0 Å². The van der Waals surface area contributed by atoms with Crippen LogP contribution in [0.1, 0.15) is 51.5 Å². The van der Waals surface area contributed by atoms with Crippen LogP contribution in [-0.4, -0.2) is 28.5 Å². The first-order chi connectivity index (χ1) is 12.1. The lowest BCUT2D eigenvalue weighted by Crippen LogP contribution is -2.49. The second kappa shape index (κ2) is 7.46. The Kier molecular flexibility index (Phi) is 5.43. The lowest BCUT2D eigenvalue weighted by Gasteiger charge is -2.41. The van der Waals surface area contributed by atoms with Gasteiger partial charge in [-0.2, -0.15) is 0 Å². The maximum atomic E-state index is 6.63. The summed E-state index contributed by atoms with van der Waals surface area (Å²) < 4.78 is 1.04. The highest BCUT2D eigenvalue weighted by Gasteiger charge is 2.47. The number of halogens is 2. The first kappa shape index (κ1) is 18.2. The summed E-state index contributed by atoms with van der Waals surface area (Å²) in [6, 6.07) is 7.02. The van der Waals surface area contributed by atoms with E-state index in [1.54, 1.807) is 0 Å². The smallest absolute Gasteiger partial charge is 0.0846 e. The molecule has 0 saturated heterocycles. The molecule has 0 amide bonds. The summed E-state index contributed by atoms with van der Waals surface area (Å²) in [5, 5.41) is 6.11. The van der Waals surface area contributed by atoms with Crippen LogP contribution >= 0.6 is 39.3 Å². The van der Waals surface area contributed by atoms with Crippen LogP contribution in [-0.2, 0) is 0 Å². The fraction of sp³-hybridized carbons (Fsp3) is 0.600. The van der Waals surface area contributed by atoms with Gasteiger partial charge >= 0.3 is 0 Å². The third-order valence-electron chi connectivity index (χ3n) is 5.50. The van der Waals surface area contributed by atoms with E-state index in [1.807, 2.05) is 17.8 Å². The molecule has 5 heteroatoms. The minimum Gasteiger partial charge on any atom is -0.294 e. The monoisotopic (exact) mass is 440 g/mol. The fourth-order valence-corrected chi connectivity index (χ4v) is 5.80. The van der Waals surface area contributed by atoms with Crippen molar-refractivity contribution < 1.29 is 0 Å². The second-order valence-electron chi connectivity index (χ2n) is 7.53. The summed E-state index contributed by atoms with van der Waals surface area (Å²) in [5.41, 5.74) is 2.49. The minimum absolute atomic E-state index is 0.732. The molecule has 0 radical (unpaired) electrons. The zero-order valence-electron chi connectivity index (χ0n) is 15.0. The highest BCUT2D eigenvalue weighted by atomic mass is 79.9. The molecular formula is C20H26BrClN2S. The molecule has 1 aromatic carbocycles. The lowest BCUT2D eigenvalue weighted by atomic mass is 10.1. The van der Waals surface area contributed by atoms with Crippen molar-refractivity contribution >= 4 is 45.0 Å². The van der Waals surface area contributed by atoms with Crippen molar-refractivity contribution in [3.63, 3.8) is 0 Å². The molecular weight excluding hydrogens is 416 g/mol. The Labute approximate surface area is 169 Å². The van der Waals surface area contributed by atoms with E-state index in [9.17, 15) is 0 Å². The van der Waals surface area contributed by atoms with E-state index in [0.29, 0.717) is 0 Å². The van der Waals surface area contributed by atoms with Crippen LogP contribution in [0.5, 0.6) is 0 Å². The number of allylic oxidation sites excluding steroid dienone is 1. The molecule has 2 saturated carbocycles. The first-order valence-electron chi connectivity index (χ1n) is 9.43. The van der Waals surface area contributed by atoms with Crippen LogP contribution in [0.15, 0.2) is 27.6 Å². The van der Waals surface area contributed by atoms with Gasteiger partial charge in [0, 0.05) is 27.5 Å². The molecule has 2 fully saturated rings. The molecule has 4 rings (SSSR count). The summed E-state index contributed by atoms with van der Waals surface area (Å²) >= 11 is 12.1. The van der Waals surface area contributed by atoms with Gasteiger partial charge in [-0.3, -0.25) is 5.01 Å². The maximum Gasteiger partial charge on any atom is 0.0846 e. The summed E-state index contributed by atoms with van der Waals surface area (Å²) in [7, 11) is 0. The zero-order valence-corrected chi connectivity index (χ0v) is 18.1. The Morgan fingerprint density at radius 3 is 2.52 bits per heavy atom. The molecule has 1 aromatic rings. The van der Waals surface area contributed by atoms with Gasteiger partial charge in [0.05, 0.1) is 16.6 Å². The van der Waals surface area contributed by atoms with E-state index in [4.69, 9.17) is 11.6 Å². The topological polar surface area (TPSA) is 6.48 Å². The van der Waals surface area contributed by atoms with E-state index in [2.05, 4.69) is 51.9 Å². The molecule has 136 valence electrons. The van der Waals surface area contributed by atoms with Gasteiger partial charge in [0.1, 0.15) is 0 Å². The maximum absolute atomic E-state index is 6.63. The largest absolute Gasteiger partial charge is 0.294 e. The minimum atomic E-state index is 0.732. The zero-order chi connectivity index (χ0) is 17.6. The molecule has 0 aromatic heterocycles. The van der Waals surface area contributed by atoms with Crippen LogP contribution in [0.25, 0.3) is 5.70 Å². The number of hydrogen-bond acceptors (Lipinski definition) is 3. The van der Waals surface area contributed by atoms with Gasteiger partial charge in [0.2, 0.25) is 0 Å². The van der Waals surface area contributed by atoms with Crippen LogP contribution in [0.4, 0.5) is 0 Å². The third-order valence-corrected chi connectivity index (χ3v) is 7.30. The molecule has 0 spiro atoms. The molecule has 0 unspecified atom stereocenters. The van der Waals surface area contributed by atoms with Crippen molar-refractivity contribution in [3.8, 4) is 0 Å². The Balaban J connectivity index is 1.68. The molecule has 3 aliphatic rings. The normalized spacial score (nSPS) is 21.1. The fourth-order valence-electron chi connectivity index (χ4n) is 4.09. The van der Waals surface area contributed by atoms with Crippen molar-refractivity contribution in [2.45, 2.75) is 52.0 Å². The molecule has 25 heavy (non-hydrogen) atoms. The predicted molar refractivity (Wildman–Crippen MR) is 112 cm³/mol. The summed E-state index contributed by atoms with van der Waals surface area (Å²) in [6.45, 7) is 5.69. The van der Waals surface area contributed by atoms with Gasteiger partial charge in [-0.05, 0) is 63.0 Å². The molecule has 2 nitrogen and oxygen atoms in total. The number of hydrogen-bond donors (Lipinski definition) is 0. The number of nitrogens with zero attached hydrogens (tertiary/aromatic N) is 2. The van der Waals surface area contributed by atoms with Gasteiger partial charge in [-0.15, -0.1) is 11.8 Å². The highest BCUT2D eigenvalue weighted by molar-refractivity contribution is 9.10. The van der Waals surface area contributed by atoms with Crippen molar-refractivity contribution in [2.75, 3.05) is 12.4 Å². The molecule has 0 N–H and O–H groups in total. The average Bonchev–Trinajstić information content (AvgIpc) is 3.48. The van der Waals surface area contributed by atoms with Gasteiger partial charge in [0.25, 0.3) is 0 Å². The Morgan fingerprint density at radius 2 is 1.96 bits per heavy atom. The Hall–Kier alpha value is -0.160. The van der Waals surface area contributed by atoms with Crippen molar-refractivity contribution in [3.05, 3.63) is 38.2 Å². The van der Waals surface area contributed by atoms with Gasteiger partial charge in [-0.25, -0.2) is 5.01 Å². The average molecular weight is 442 g/mol. The van der Waals surface area contributed by atoms with Crippen molar-refractivity contribution in [2.24, 2.45) is 11.8 Å². The number of thioether (sulfide) groups is 1. The van der Waals surface area contributed by atoms with Crippen LogP contribution < -0.4 is 0 Å². The highest BCUT2D eigenvalue weighted by Crippen LogP contribution is 2.50. The van der Waals surface area contributed by atoms with Gasteiger partial charge < -0.3 is 0 Å².